The van der Waals surface area contributed by atoms with Crippen molar-refractivity contribution in [2.45, 2.75) is 167 Å². The topological polar surface area (TPSA) is 108 Å². The minimum atomic E-state index is -4.57. The van der Waals surface area contributed by atoms with Crippen molar-refractivity contribution in [2.24, 2.45) is 0 Å². The average molecular weight is 647 g/mol. The summed E-state index contributed by atoms with van der Waals surface area (Å²) in [5.74, 6) is -0.203. The van der Waals surface area contributed by atoms with Crippen molar-refractivity contribution in [2.75, 3.05) is 40.9 Å². The van der Waals surface area contributed by atoms with Gasteiger partial charge in [-0.05, 0) is 19.3 Å². The maximum atomic E-state index is 12.7. The van der Waals surface area contributed by atoms with Gasteiger partial charge in [-0.25, -0.2) is 0 Å². The van der Waals surface area contributed by atoms with Gasteiger partial charge in [0.15, 0.2) is 0 Å². The van der Waals surface area contributed by atoms with Crippen LogP contribution in [0.4, 0.5) is 0 Å². The van der Waals surface area contributed by atoms with Gasteiger partial charge >= 0.3 is 0 Å². The SMILES string of the molecule is CCCCCCCCCCCCC/C=C/C(O)C(COP(=O)([O-])OCC[N+](C)(C)C)NC(=O)CCCCCCCCCCC. The second kappa shape index (κ2) is 28.5. The Labute approximate surface area is 272 Å². The lowest BCUT2D eigenvalue weighted by Crippen LogP contribution is -2.45. The monoisotopic (exact) mass is 647 g/mol. The first-order valence-corrected chi connectivity index (χ1v) is 19.5. The van der Waals surface area contributed by atoms with Crippen LogP contribution in [0, 0.1) is 0 Å². The number of carbonyl (C=O) groups excluding carboxylic acids is 1. The highest BCUT2D eigenvalue weighted by Gasteiger charge is 2.23. The third-order valence-corrected chi connectivity index (χ3v) is 8.96. The van der Waals surface area contributed by atoms with Crippen LogP contribution in [0.5, 0.6) is 0 Å². The van der Waals surface area contributed by atoms with E-state index in [1.807, 2.05) is 27.2 Å². The highest BCUT2D eigenvalue weighted by molar-refractivity contribution is 7.45. The molecule has 0 rings (SSSR count). The predicted molar refractivity (Wildman–Crippen MR) is 182 cm³/mol. The zero-order valence-electron chi connectivity index (χ0n) is 29.4. The van der Waals surface area contributed by atoms with Crippen LogP contribution in [0.25, 0.3) is 0 Å². The molecule has 0 bridgehead atoms. The molecule has 3 atom stereocenters. The first-order valence-electron chi connectivity index (χ1n) is 18.1. The number of quaternary nitrogens is 1. The Balaban J connectivity index is 4.57. The molecular weight excluding hydrogens is 575 g/mol. The zero-order chi connectivity index (χ0) is 32.9. The van der Waals surface area contributed by atoms with Gasteiger partial charge in [0.1, 0.15) is 13.2 Å². The Morgan fingerprint density at radius 1 is 0.773 bits per heavy atom. The fourth-order valence-electron chi connectivity index (χ4n) is 5.03. The largest absolute Gasteiger partial charge is 0.756 e. The number of rotatable bonds is 32. The molecule has 0 fully saturated rings. The second-order valence-corrected chi connectivity index (χ2v) is 15.0. The molecule has 0 saturated carbocycles. The molecule has 262 valence electrons. The Kier molecular flexibility index (Phi) is 28.0. The summed E-state index contributed by atoms with van der Waals surface area (Å²) in [5, 5.41) is 13.6. The number of phosphoric ester groups is 1. The van der Waals surface area contributed by atoms with Crippen molar-refractivity contribution >= 4 is 13.7 Å². The first-order chi connectivity index (χ1) is 21.0. The number of aliphatic hydroxyl groups excluding tert-OH is 1. The lowest BCUT2D eigenvalue weighted by molar-refractivity contribution is -0.870. The van der Waals surface area contributed by atoms with Crippen LogP contribution in [0.2, 0.25) is 0 Å². The van der Waals surface area contributed by atoms with Crippen molar-refractivity contribution in [3.63, 3.8) is 0 Å². The molecule has 1 amide bonds. The molecule has 0 aliphatic heterocycles. The van der Waals surface area contributed by atoms with Crippen molar-refractivity contribution in [3.05, 3.63) is 12.2 Å². The highest BCUT2D eigenvalue weighted by Crippen LogP contribution is 2.38. The molecule has 3 unspecified atom stereocenters. The third-order valence-electron chi connectivity index (χ3n) is 8.00. The van der Waals surface area contributed by atoms with Gasteiger partial charge in [0.05, 0.1) is 39.9 Å². The minimum absolute atomic E-state index is 0.00131. The molecule has 0 aromatic rings. The van der Waals surface area contributed by atoms with Gasteiger partial charge < -0.3 is 28.8 Å². The van der Waals surface area contributed by atoms with Crippen LogP contribution in [-0.2, 0) is 18.4 Å². The number of likely N-dealkylation sites (N-methyl/N-ethyl adjacent to an activating group) is 1. The summed E-state index contributed by atoms with van der Waals surface area (Å²) in [6.45, 7) is 4.59. The number of carbonyl (C=O) groups is 1. The summed E-state index contributed by atoms with van der Waals surface area (Å²) in [6, 6.07) is -0.876. The number of amides is 1. The molecule has 8 nitrogen and oxygen atoms in total. The molecule has 0 spiro atoms. The summed E-state index contributed by atoms with van der Waals surface area (Å²) < 4.78 is 23.0. The molecule has 44 heavy (non-hydrogen) atoms. The predicted octanol–water partition coefficient (Wildman–Crippen LogP) is 8.22. The lowest BCUT2D eigenvalue weighted by Gasteiger charge is -2.29. The van der Waals surface area contributed by atoms with E-state index in [0.717, 1.165) is 38.5 Å². The van der Waals surface area contributed by atoms with Crippen molar-refractivity contribution in [1.82, 2.24) is 5.32 Å². The summed E-state index contributed by atoms with van der Waals surface area (Å²) in [4.78, 5) is 25.0. The molecule has 0 saturated heterocycles. The number of nitrogens with zero attached hydrogens (tertiary/aromatic N) is 1. The van der Waals surface area contributed by atoms with Gasteiger partial charge in [-0.3, -0.25) is 9.36 Å². The Morgan fingerprint density at radius 3 is 1.70 bits per heavy atom. The fourth-order valence-corrected chi connectivity index (χ4v) is 5.76. The molecule has 9 heteroatoms. The Hall–Kier alpha value is -0.760. The summed E-state index contributed by atoms with van der Waals surface area (Å²) >= 11 is 0. The smallest absolute Gasteiger partial charge is 0.268 e. The number of nitrogens with one attached hydrogen (secondary N) is 1. The number of allylic oxidation sites excluding steroid dienone is 1. The normalized spacial score (nSPS) is 15.0. The maximum Gasteiger partial charge on any atom is 0.268 e. The molecule has 2 N–H and O–H groups in total. The molecule has 0 heterocycles. The van der Waals surface area contributed by atoms with Crippen molar-refractivity contribution in [1.29, 1.82) is 0 Å². The van der Waals surface area contributed by atoms with Crippen LogP contribution in [0.3, 0.4) is 0 Å². The maximum absolute atomic E-state index is 12.7. The molecular formula is C35H71N2O6P. The first kappa shape index (κ1) is 43.2. The number of aliphatic hydroxyl groups is 1. The van der Waals surface area contributed by atoms with Gasteiger partial charge in [0, 0.05) is 6.42 Å². The standard InChI is InChI=1S/C35H71N2O6P/c1-6-8-10-12-14-16-17-18-19-21-22-24-26-28-34(38)33(32-43-44(40,41)42-31-30-37(3,4)5)36-35(39)29-27-25-23-20-15-13-11-9-7-2/h26,28,33-34,38H,6-25,27,29-32H2,1-5H3,(H-,36,39,40,41)/b28-26+. The van der Waals surface area contributed by atoms with E-state index in [0.29, 0.717) is 17.4 Å². The number of phosphoric acid groups is 1. The van der Waals surface area contributed by atoms with Crippen molar-refractivity contribution < 1.29 is 32.9 Å². The average Bonchev–Trinajstić information content (AvgIpc) is 2.95. The summed E-state index contributed by atoms with van der Waals surface area (Å²) in [5.41, 5.74) is 0. The van der Waals surface area contributed by atoms with E-state index in [1.165, 1.54) is 96.3 Å². The van der Waals surface area contributed by atoms with Gasteiger partial charge in [-0.15, -0.1) is 0 Å². The van der Waals surface area contributed by atoms with Gasteiger partial charge in [-0.1, -0.05) is 142 Å². The molecule has 0 aliphatic rings. The van der Waals surface area contributed by atoms with Gasteiger partial charge in [-0.2, -0.15) is 0 Å². The third kappa shape index (κ3) is 29.9. The van der Waals surface area contributed by atoms with E-state index in [1.54, 1.807) is 6.08 Å². The summed E-state index contributed by atoms with van der Waals surface area (Å²) in [6.07, 6.45) is 28.2. The van der Waals surface area contributed by atoms with Crippen LogP contribution >= 0.6 is 7.82 Å². The van der Waals surface area contributed by atoms with Crippen molar-refractivity contribution in [3.8, 4) is 0 Å². The molecule has 0 aromatic carbocycles. The van der Waals surface area contributed by atoms with Crippen LogP contribution in [-0.4, -0.2) is 68.5 Å². The number of unbranched alkanes of at least 4 members (excludes halogenated alkanes) is 19. The van der Waals surface area contributed by atoms with Crippen LogP contribution < -0.4 is 10.2 Å². The quantitative estimate of drug-likeness (QED) is 0.0330. The van der Waals surface area contributed by atoms with E-state index in [2.05, 4.69) is 19.2 Å². The number of hydrogen-bond acceptors (Lipinski definition) is 6. The molecule has 0 radical (unpaired) electrons. The highest BCUT2D eigenvalue weighted by atomic mass is 31.2. The minimum Gasteiger partial charge on any atom is -0.756 e. The van der Waals surface area contributed by atoms with E-state index in [9.17, 15) is 19.4 Å². The number of hydrogen-bond donors (Lipinski definition) is 2. The van der Waals surface area contributed by atoms with Gasteiger partial charge in [0.25, 0.3) is 7.82 Å². The van der Waals surface area contributed by atoms with E-state index in [-0.39, 0.29) is 19.1 Å². The molecule has 0 aromatic heterocycles. The zero-order valence-corrected chi connectivity index (χ0v) is 30.3. The lowest BCUT2D eigenvalue weighted by atomic mass is 10.0. The Bertz CT molecular complexity index is 743. The fraction of sp³-hybridized carbons (Fsp3) is 0.914. The summed E-state index contributed by atoms with van der Waals surface area (Å²) in [7, 11) is 1.26. The molecule has 0 aliphatic carbocycles. The Morgan fingerprint density at radius 2 is 1.23 bits per heavy atom. The van der Waals surface area contributed by atoms with Gasteiger partial charge in [0.2, 0.25) is 5.91 Å². The van der Waals surface area contributed by atoms with Crippen LogP contribution in [0.15, 0.2) is 12.2 Å². The van der Waals surface area contributed by atoms with E-state index < -0.39 is 20.0 Å². The second-order valence-electron chi connectivity index (χ2n) is 13.6. The van der Waals surface area contributed by atoms with E-state index in [4.69, 9.17) is 9.05 Å². The van der Waals surface area contributed by atoms with Crippen LogP contribution in [0.1, 0.15) is 155 Å². The van der Waals surface area contributed by atoms with E-state index >= 15 is 0 Å².